The van der Waals surface area contributed by atoms with Crippen LogP contribution in [0.2, 0.25) is 0 Å². The van der Waals surface area contributed by atoms with Gasteiger partial charge in [0, 0.05) is 6.42 Å². The molecule has 0 aliphatic rings. The summed E-state index contributed by atoms with van der Waals surface area (Å²) in [5.41, 5.74) is 1.94. The molecule has 1 heterocycles. The monoisotopic (exact) mass is 259 g/mol. The first-order valence-electron chi connectivity index (χ1n) is 6.94. The highest BCUT2D eigenvalue weighted by Crippen LogP contribution is 2.15. The summed E-state index contributed by atoms with van der Waals surface area (Å²) in [4.78, 5) is 19.5. The highest BCUT2D eigenvalue weighted by Gasteiger charge is 2.12. The van der Waals surface area contributed by atoms with Gasteiger partial charge in [-0.3, -0.25) is 4.79 Å². The maximum Gasteiger partial charge on any atom is 0.220 e. The van der Waals surface area contributed by atoms with Gasteiger partial charge in [-0.05, 0) is 25.5 Å². The van der Waals surface area contributed by atoms with Crippen molar-refractivity contribution < 1.29 is 4.79 Å². The summed E-state index contributed by atoms with van der Waals surface area (Å²) in [7, 11) is 0. The zero-order valence-electron chi connectivity index (χ0n) is 11.6. The van der Waals surface area contributed by atoms with Crippen LogP contribution in [0.1, 0.15) is 51.4 Å². The largest absolute Gasteiger partial charge is 0.346 e. The lowest BCUT2D eigenvalue weighted by Crippen LogP contribution is -2.27. The molecule has 0 aliphatic heterocycles. The maximum absolute atomic E-state index is 11.8. The molecule has 0 fully saturated rings. The predicted octanol–water partition coefficient (Wildman–Crippen LogP) is 3.32. The molecular formula is C15H21N3O. The van der Waals surface area contributed by atoms with E-state index in [1.54, 1.807) is 0 Å². The molecule has 0 saturated carbocycles. The number of rotatable bonds is 6. The van der Waals surface area contributed by atoms with Crippen LogP contribution in [0.5, 0.6) is 0 Å². The molecule has 102 valence electrons. The van der Waals surface area contributed by atoms with Gasteiger partial charge < -0.3 is 10.3 Å². The number of hydrogen-bond acceptors (Lipinski definition) is 2. The standard InChI is InChI=1S/C15H21N3O/c1-3-4-5-10-14(19)16-11(2)15-17-12-8-6-7-9-13(12)18-15/h6-9,11H,3-5,10H2,1-2H3,(H,16,19)(H,17,18). The Morgan fingerprint density at radius 3 is 2.89 bits per heavy atom. The fourth-order valence-corrected chi connectivity index (χ4v) is 2.10. The second-order valence-corrected chi connectivity index (χ2v) is 4.89. The quantitative estimate of drug-likeness (QED) is 0.782. The van der Waals surface area contributed by atoms with E-state index in [-0.39, 0.29) is 11.9 Å². The highest BCUT2D eigenvalue weighted by atomic mass is 16.1. The third-order valence-corrected chi connectivity index (χ3v) is 3.20. The number of H-pyrrole nitrogens is 1. The molecule has 4 nitrogen and oxygen atoms in total. The van der Waals surface area contributed by atoms with E-state index < -0.39 is 0 Å². The Morgan fingerprint density at radius 1 is 1.37 bits per heavy atom. The first-order chi connectivity index (χ1) is 9.20. The summed E-state index contributed by atoms with van der Waals surface area (Å²) in [6, 6.07) is 7.80. The van der Waals surface area contributed by atoms with E-state index in [1.807, 2.05) is 31.2 Å². The van der Waals surface area contributed by atoms with E-state index in [0.717, 1.165) is 36.1 Å². The van der Waals surface area contributed by atoms with Crippen LogP contribution in [0.25, 0.3) is 11.0 Å². The van der Waals surface area contributed by atoms with Crippen molar-refractivity contribution >= 4 is 16.9 Å². The number of nitrogens with one attached hydrogen (secondary N) is 2. The number of amides is 1. The van der Waals surface area contributed by atoms with Crippen molar-refractivity contribution in [2.45, 2.75) is 45.6 Å². The number of hydrogen-bond donors (Lipinski definition) is 2. The number of carbonyl (C=O) groups excluding carboxylic acids is 1. The van der Waals surface area contributed by atoms with Gasteiger partial charge in [-0.15, -0.1) is 0 Å². The van der Waals surface area contributed by atoms with E-state index >= 15 is 0 Å². The molecule has 2 aromatic rings. The van der Waals surface area contributed by atoms with Crippen molar-refractivity contribution in [2.75, 3.05) is 0 Å². The summed E-state index contributed by atoms with van der Waals surface area (Å²) >= 11 is 0. The minimum Gasteiger partial charge on any atom is -0.346 e. The summed E-state index contributed by atoms with van der Waals surface area (Å²) in [5.74, 6) is 0.909. The lowest BCUT2D eigenvalue weighted by Gasteiger charge is -2.11. The summed E-state index contributed by atoms with van der Waals surface area (Å²) in [6.07, 6.45) is 3.78. The van der Waals surface area contributed by atoms with Crippen molar-refractivity contribution in [1.82, 2.24) is 15.3 Å². The minimum absolute atomic E-state index is 0.0819. The van der Waals surface area contributed by atoms with Gasteiger partial charge in [-0.1, -0.05) is 31.9 Å². The Labute approximate surface area is 113 Å². The normalized spacial score (nSPS) is 12.5. The van der Waals surface area contributed by atoms with Crippen LogP contribution in [0.15, 0.2) is 24.3 Å². The molecule has 1 atom stereocenters. The predicted molar refractivity (Wildman–Crippen MR) is 76.8 cm³/mol. The Morgan fingerprint density at radius 2 is 2.16 bits per heavy atom. The number of fused-ring (bicyclic) bond motifs is 1. The number of imidazole rings is 1. The van der Waals surface area contributed by atoms with Crippen molar-refractivity contribution in [3.63, 3.8) is 0 Å². The van der Waals surface area contributed by atoms with E-state index in [2.05, 4.69) is 22.2 Å². The zero-order valence-corrected chi connectivity index (χ0v) is 11.6. The van der Waals surface area contributed by atoms with Crippen LogP contribution in [0.4, 0.5) is 0 Å². The molecule has 0 saturated heterocycles. The third kappa shape index (κ3) is 3.56. The Bertz CT molecular complexity index is 514. The minimum atomic E-state index is -0.0819. The highest BCUT2D eigenvalue weighted by molar-refractivity contribution is 5.77. The molecule has 2 rings (SSSR count). The topological polar surface area (TPSA) is 57.8 Å². The van der Waals surface area contributed by atoms with E-state index in [9.17, 15) is 4.79 Å². The van der Waals surface area contributed by atoms with Crippen LogP contribution < -0.4 is 5.32 Å². The lowest BCUT2D eigenvalue weighted by atomic mass is 10.2. The van der Waals surface area contributed by atoms with Crippen molar-refractivity contribution in [2.24, 2.45) is 0 Å². The van der Waals surface area contributed by atoms with Crippen molar-refractivity contribution in [1.29, 1.82) is 0 Å². The van der Waals surface area contributed by atoms with E-state index in [0.29, 0.717) is 6.42 Å². The molecule has 1 unspecified atom stereocenters. The zero-order chi connectivity index (χ0) is 13.7. The summed E-state index contributed by atoms with van der Waals surface area (Å²) in [6.45, 7) is 4.09. The van der Waals surface area contributed by atoms with Gasteiger partial charge >= 0.3 is 0 Å². The van der Waals surface area contributed by atoms with Crippen molar-refractivity contribution in [3.8, 4) is 0 Å². The van der Waals surface area contributed by atoms with Gasteiger partial charge in [-0.25, -0.2) is 4.98 Å². The SMILES string of the molecule is CCCCCC(=O)NC(C)c1nc2ccccc2[nH]1. The summed E-state index contributed by atoms with van der Waals surface area (Å²) < 4.78 is 0. The molecule has 1 aromatic carbocycles. The second-order valence-electron chi connectivity index (χ2n) is 4.89. The maximum atomic E-state index is 11.8. The molecule has 1 aromatic heterocycles. The Kier molecular flexibility index (Phi) is 4.55. The number of benzene rings is 1. The number of aromatic nitrogens is 2. The first kappa shape index (κ1) is 13.6. The van der Waals surface area contributed by atoms with Gasteiger partial charge in [0.1, 0.15) is 5.82 Å². The first-order valence-corrected chi connectivity index (χ1v) is 6.94. The van der Waals surface area contributed by atoms with Crippen LogP contribution >= 0.6 is 0 Å². The molecule has 0 spiro atoms. The Balaban J connectivity index is 1.95. The number of para-hydroxylation sites is 2. The van der Waals surface area contributed by atoms with Gasteiger partial charge in [0.05, 0.1) is 17.1 Å². The van der Waals surface area contributed by atoms with Crippen LogP contribution in [-0.4, -0.2) is 15.9 Å². The fraction of sp³-hybridized carbons (Fsp3) is 0.467. The molecular weight excluding hydrogens is 238 g/mol. The van der Waals surface area contributed by atoms with Crippen LogP contribution in [0.3, 0.4) is 0 Å². The molecule has 2 N–H and O–H groups in total. The van der Waals surface area contributed by atoms with Crippen LogP contribution in [0, 0.1) is 0 Å². The summed E-state index contributed by atoms with van der Waals surface area (Å²) in [5, 5.41) is 2.98. The van der Waals surface area contributed by atoms with Crippen molar-refractivity contribution in [3.05, 3.63) is 30.1 Å². The average molecular weight is 259 g/mol. The molecule has 1 amide bonds. The van der Waals surface area contributed by atoms with Gasteiger partial charge in [0.2, 0.25) is 5.91 Å². The number of nitrogens with zero attached hydrogens (tertiary/aromatic N) is 1. The number of unbranched alkanes of at least 4 members (excludes halogenated alkanes) is 2. The van der Waals surface area contributed by atoms with Gasteiger partial charge in [0.15, 0.2) is 0 Å². The molecule has 0 aliphatic carbocycles. The number of carbonyl (C=O) groups is 1. The fourth-order valence-electron chi connectivity index (χ4n) is 2.10. The second kappa shape index (κ2) is 6.36. The van der Waals surface area contributed by atoms with Gasteiger partial charge in [0.25, 0.3) is 0 Å². The lowest BCUT2D eigenvalue weighted by molar-refractivity contribution is -0.121. The van der Waals surface area contributed by atoms with E-state index in [1.165, 1.54) is 0 Å². The number of aromatic amines is 1. The molecule has 0 radical (unpaired) electrons. The van der Waals surface area contributed by atoms with Gasteiger partial charge in [-0.2, -0.15) is 0 Å². The van der Waals surface area contributed by atoms with Crippen LogP contribution in [-0.2, 0) is 4.79 Å². The average Bonchev–Trinajstić information content (AvgIpc) is 2.83. The molecule has 0 bridgehead atoms. The third-order valence-electron chi connectivity index (χ3n) is 3.20. The molecule has 19 heavy (non-hydrogen) atoms. The van der Waals surface area contributed by atoms with E-state index in [4.69, 9.17) is 0 Å². The Hall–Kier alpha value is -1.84. The molecule has 4 heteroatoms. The smallest absolute Gasteiger partial charge is 0.220 e.